The molecule has 0 aliphatic rings. The molecular weight excluding hydrogens is 261 g/mol. The Morgan fingerprint density at radius 2 is 2.18 bits per heavy atom. The Balaban J connectivity index is 2.95. The van der Waals surface area contributed by atoms with Crippen molar-refractivity contribution in [3.8, 4) is 0 Å². The topological polar surface area (TPSA) is 47.6 Å². The van der Waals surface area contributed by atoms with Crippen molar-refractivity contribution in [3.05, 3.63) is 0 Å². The number of rotatable bonds is 5. The first-order valence-electron chi connectivity index (χ1n) is 3.29. The highest BCUT2D eigenvalue weighted by Crippen LogP contribution is 1.83. The second kappa shape index (κ2) is 8.06. The van der Waals surface area contributed by atoms with E-state index in [0.717, 1.165) is 4.43 Å². The van der Waals surface area contributed by atoms with Crippen LogP contribution in [-0.2, 0) is 9.47 Å². The summed E-state index contributed by atoms with van der Waals surface area (Å²) in [5.41, 5.74) is 0. The largest absolute Gasteiger partial charge is 0.447 e. The zero-order chi connectivity index (χ0) is 8.53. The molecule has 0 unspecified atom stereocenters. The highest BCUT2D eigenvalue weighted by molar-refractivity contribution is 14.1. The molecular formula is C6H12INO3. The van der Waals surface area contributed by atoms with Crippen molar-refractivity contribution in [1.29, 1.82) is 0 Å². The fraction of sp³-hybridized carbons (Fsp3) is 0.833. The molecule has 4 nitrogen and oxygen atoms in total. The molecule has 0 aromatic heterocycles. The Bertz CT molecular complexity index is 110. The summed E-state index contributed by atoms with van der Waals surface area (Å²) in [6, 6.07) is 0. The summed E-state index contributed by atoms with van der Waals surface area (Å²) in [6.45, 7) is 1.49. The summed E-state index contributed by atoms with van der Waals surface area (Å²) in [5.74, 6) is 0. The molecule has 66 valence electrons. The lowest BCUT2D eigenvalue weighted by Gasteiger charge is -2.03. The van der Waals surface area contributed by atoms with Gasteiger partial charge in [-0.1, -0.05) is 22.6 Å². The lowest BCUT2D eigenvalue weighted by molar-refractivity contribution is 0.0816. The molecule has 5 heteroatoms. The van der Waals surface area contributed by atoms with E-state index in [-0.39, 0.29) is 0 Å². The number of hydrogen-bond acceptors (Lipinski definition) is 3. The molecule has 0 spiro atoms. The smallest absolute Gasteiger partial charge is 0.406 e. The normalized spacial score (nSPS) is 9.27. The Kier molecular flexibility index (Phi) is 8.03. The molecule has 0 aromatic carbocycles. The van der Waals surface area contributed by atoms with Gasteiger partial charge in [0.2, 0.25) is 0 Å². The minimum atomic E-state index is -0.414. The van der Waals surface area contributed by atoms with Crippen LogP contribution in [0.3, 0.4) is 0 Å². The van der Waals surface area contributed by atoms with Gasteiger partial charge >= 0.3 is 6.09 Å². The van der Waals surface area contributed by atoms with E-state index in [1.807, 2.05) is 0 Å². The van der Waals surface area contributed by atoms with Crippen molar-refractivity contribution in [1.82, 2.24) is 5.32 Å². The number of amides is 1. The van der Waals surface area contributed by atoms with Gasteiger partial charge in [0.15, 0.2) is 0 Å². The monoisotopic (exact) mass is 273 g/mol. The molecule has 0 radical (unpaired) electrons. The van der Waals surface area contributed by atoms with E-state index in [2.05, 4.69) is 32.6 Å². The summed E-state index contributed by atoms with van der Waals surface area (Å²) < 4.78 is 10.7. The number of alkyl carbamates (subject to hydrolysis) is 1. The van der Waals surface area contributed by atoms with Gasteiger partial charge in [-0.25, -0.2) is 4.79 Å². The highest BCUT2D eigenvalue weighted by atomic mass is 127. The van der Waals surface area contributed by atoms with Crippen LogP contribution in [0.25, 0.3) is 0 Å². The first-order chi connectivity index (χ1) is 5.31. The number of carbonyl (C=O) groups is 1. The van der Waals surface area contributed by atoms with Gasteiger partial charge in [-0.2, -0.15) is 0 Å². The first kappa shape index (κ1) is 11.0. The highest BCUT2D eigenvalue weighted by Gasteiger charge is 1.95. The fourth-order valence-electron chi connectivity index (χ4n) is 0.422. The molecule has 0 saturated carbocycles. The van der Waals surface area contributed by atoms with E-state index in [0.29, 0.717) is 19.8 Å². The van der Waals surface area contributed by atoms with Crippen LogP contribution in [0.4, 0.5) is 4.79 Å². The summed E-state index contributed by atoms with van der Waals surface area (Å²) >= 11 is 2.21. The van der Waals surface area contributed by atoms with Gasteiger partial charge in [0, 0.05) is 11.5 Å². The molecule has 0 atom stereocenters. The maximum Gasteiger partial charge on any atom is 0.406 e. The average molecular weight is 273 g/mol. The average Bonchev–Trinajstić information content (AvgIpc) is 2.04. The van der Waals surface area contributed by atoms with Crippen LogP contribution in [0, 0.1) is 0 Å². The van der Waals surface area contributed by atoms with Crippen molar-refractivity contribution in [2.45, 2.75) is 0 Å². The number of alkyl halides is 1. The molecule has 1 N–H and O–H groups in total. The number of halogens is 1. The Hall–Kier alpha value is -0.0400. The van der Waals surface area contributed by atoms with Gasteiger partial charge in [-0.05, 0) is 0 Å². The Morgan fingerprint density at radius 3 is 2.73 bits per heavy atom. The van der Waals surface area contributed by atoms with Crippen LogP contribution < -0.4 is 5.32 Å². The maximum absolute atomic E-state index is 10.5. The minimum Gasteiger partial charge on any atom is -0.447 e. The van der Waals surface area contributed by atoms with Crippen LogP contribution in [0.5, 0.6) is 0 Å². The Labute approximate surface area is 79.8 Å². The first-order valence-corrected chi connectivity index (χ1v) is 4.82. The SMILES string of the molecule is CNC(=O)OCCOCCI. The molecule has 0 fully saturated rings. The fourth-order valence-corrected chi connectivity index (χ4v) is 0.733. The van der Waals surface area contributed by atoms with Crippen molar-refractivity contribution in [3.63, 3.8) is 0 Å². The number of ether oxygens (including phenoxy) is 2. The van der Waals surface area contributed by atoms with E-state index in [1.54, 1.807) is 0 Å². The van der Waals surface area contributed by atoms with Gasteiger partial charge in [0.1, 0.15) is 6.61 Å². The van der Waals surface area contributed by atoms with Gasteiger partial charge in [-0.15, -0.1) is 0 Å². The van der Waals surface area contributed by atoms with Gasteiger partial charge in [0.05, 0.1) is 13.2 Å². The van der Waals surface area contributed by atoms with E-state index < -0.39 is 6.09 Å². The van der Waals surface area contributed by atoms with Crippen LogP contribution in [0.15, 0.2) is 0 Å². The second-order valence-electron chi connectivity index (χ2n) is 1.69. The zero-order valence-electron chi connectivity index (χ0n) is 6.43. The number of carbonyl (C=O) groups excluding carboxylic acids is 1. The van der Waals surface area contributed by atoms with E-state index in [4.69, 9.17) is 4.74 Å². The molecule has 0 aliphatic carbocycles. The zero-order valence-corrected chi connectivity index (χ0v) is 8.59. The molecule has 0 rings (SSSR count). The lowest BCUT2D eigenvalue weighted by Crippen LogP contribution is -2.21. The predicted octanol–water partition coefficient (Wildman–Crippen LogP) is 0.794. The van der Waals surface area contributed by atoms with Crippen LogP contribution >= 0.6 is 22.6 Å². The van der Waals surface area contributed by atoms with Crippen molar-refractivity contribution in [2.75, 3.05) is 31.3 Å². The molecule has 0 heterocycles. The number of nitrogens with one attached hydrogen (secondary N) is 1. The third kappa shape index (κ3) is 7.86. The van der Waals surface area contributed by atoms with Gasteiger partial charge in [-0.3, -0.25) is 0 Å². The minimum absolute atomic E-state index is 0.316. The maximum atomic E-state index is 10.5. The van der Waals surface area contributed by atoms with Crippen LogP contribution in [0.1, 0.15) is 0 Å². The second-order valence-corrected chi connectivity index (χ2v) is 2.77. The summed E-state index contributed by atoms with van der Waals surface area (Å²) in [4.78, 5) is 10.5. The van der Waals surface area contributed by atoms with Gasteiger partial charge in [0.25, 0.3) is 0 Å². The molecule has 11 heavy (non-hydrogen) atoms. The molecule has 0 bridgehead atoms. The van der Waals surface area contributed by atoms with Crippen molar-refractivity contribution < 1.29 is 14.3 Å². The third-order valence-corrected chi connectivity index (χ3v) is 1.33. The van der Waals surface area contributed by atoms with E-state index in [9.17, 15) is 4.79 Å². The molecule has 1 amide bonds. The molecule has 0 saturated heterocycles. The van der Waals surface area contributed by atoms with E-state index in [1.165, 1.54) is 7.05 Å². The van der Waals surface area contributed by atoms with Gasteiger partial charge < -0.3 is 14.8 Å². The van der Waals surface area contributed by atoms with Crippen LogP contribution in [0.2, 0.25) is 0 Å². The third-order valence-electron chi connectivity index (χ3n) is 0.886. The molecule has 0 aromatic rings. The summed E-state index contributed by atoms with van der Waals surface area (Å²) in [6.07, 6.45) is -0.414. The molecule has 0 aliphatic heterocycles. The lowest BCUT2D eigenvalue weighted by atomic mass is 10.7. The van der Waals surface area contributed by atoms with Crippen molar-refractivity contribution >= 4 is 28.7 Å². The van der Waals surface area contributed by atoms with Crippen LogP contribution in [-0.4, -0.2) is 37.4 Å². The van der Waals surface area contributed by atoms with Crippen molar-refractivity contribution in [2.24, 2.45) is 0 Å². The Morgan fingerprint density at radius 1 is 1.45 bits per heavy atom. The quantitative estimate of drug-likeness (QED) is 0.458. The summed E-state index contributed by atoms with van der Waals surface area (Å²) in [5, 5.41) is 2.34. The standard InChI is InChI=1S/C6H12INO3/c1-8-6(9)11-5-4-10-3-2-7/h2-5H2,1H3,(H,8,9). The van der Waals surface area contributed by atoms with E-state index >= 15 is 0 Å². The predicted molar refractivity (Wildman–Crippen MR) is 50.1 cm³/mol. The number of hydrogen-bond donors (Lipinski definition) is 1. The summed E-state index contributed by atoms with van der Waals surface area (Å²) in [7, 11) is 1.52.